The van der Waals surface area contributed by atoms with Gasteiger partial charge in [0.25, 0.3) is 0 Å². The number of fused-ring (bicyclic) bond motifs is 1. The predicted octanol–water partition coefficient (Wildman–Crippen LogP) is 9.15. The van der Waals surface area contributed by atoms with Gasteiger partial charge in [-0.2, -0.15) is 0 Å². The average molecular weight is 816 g/mol. The predicted molar refractivity (Wildman–Crippen MR) is 235 cm³/mol. The van der Waals surface area contributed by atoms with Crippen LogP contribution < -0.4 is 10.9 Å². The molecule has 0 radical (unpaired) electrons. The fraction of sp³-hybridized carbons (Fsp3) is 0.447. The number of amides is 5. The number of urea groups is 1. The second kappa shape index (κ2) is 18.5. The van der Waals surface area contributed by atoms with Crippen molar-refractivity contribution in [2.24, 2.45) is 21.8 Å². The number of carbonyl (C=O) groups is 4. The maximum absolute atomic E-state index is 13.8. The van der Waals surface area contributed by atoms with Crippen LogP contribution in [-0.4, -0.2) is 89.4 Å². The molecule has 4 aliphatic rings. The number of aliphatic imine (C=N–C) groups is 2. The maximum atomic E-state index is 13.8. The monoisotopic (exact) mass is 815 g/mol. The summed E-state index contributed by atoms with van der Waals surface area (Å²) in [6.45, 7) is 8.07. The van der Waals surface area contributed by atoms with Crippen LogP contribution in [0, 0.1) is 11.8 Å². The van der Waals surface area contributed by atoms with Gasteiger partial charge >= 0.3 is 18.2 Å². The molecule has 0 spiro atoms. The molecule has 3 aromatic carbocycles. The minimum Gasteiger partial charge on any atom is -0.452 e. The number of hydrogen-bond donors (Lipinski definition) is 2. The van der Waals surface area contributed by atoms with Crippen LogP contribution in [0.2, 0.25) is 0 Å². The third kappa shape index (κ3) is 9.09. The Labute approximate surface area is 352 Å². The van der Waals surface area contributed by atoms with Crippen LogP contribution in [0.1, 0.15) is 96.6 Å². The summed E-state index contributed by atoms with van der Waals surface area (Å²) in [5.74, 6) is -0.319. The summed E-state index contributed by atoms with van der Waals surface area (Å²) in [6.07, 6.45) is 10.3. The van der Waals surface area contributed by atoms with Gasteiger partial charge in [0, 0.05) is 67.1 Å². The van der Waals surface area contributed by atoms with E-state index in [-0.39, 0.29) is 41.9 Å². The Morgan fingerprint density at radius 1 is 0.650 bits per heavy atom. The standard InChI is InChI=1S/C47H57N7O6/c1-29(2)53(50-45(56)59-5)44(55)40-12-8-7-11-39(40)41-25-38(28-48-41)36-21-20-34-23-33(18-19-35(34)24-36)31-14-16-32(17-15-31)37-26-42(49-27-37)43-13-9-10-22-52(43)47(58)54(30(3)4)51-46(57)60-6/h14-21,23-24,27-30,39-40,43H,7-13,22,25-26H2,1-6H3,(H,50,56)(H,51,57)/t39?,40-,43?/m1/s1. The van der Waals surface area contributed by atoms with Gasteiger partial charge in [-0.05, 0) is 116 Å². The molecule has 60 heavy (non-hydrogen) atoms. The molecule has 2 N–H and O–H groups in total. The van der Waals surface area contributed by atoms with Crippen molar-refractivity contribution in [1.29, 1.82) is 0 Å². The number of methoxy groups -OCH3 is 2. The number of nitrogens with one attached hydrogen (secondary N) is 2. The van der Waals surface area contributed by atoms with Crippen molar-refractivity contribution >= 4 is 57.5 Å². The second-order valence-corrected chi connectivity index (χ2v) is 16.7. The Morgan fingerprint density at radius 3 is 1.85 bits per heavy atom. The van der Waals surface area contributed by atoms with E-state index >= 15 is 0 Å². The number of hydrazine groups is 2. The number of likely N-dealkylation sites (tertiary alicyclic amines) is 1. The van der Waals surface area contributed by atoms with Gasteiger partial charge in [-0.15, -0.1) is 0 Å². The summed E-state index contributed by atoms with van der Waals surface area (Å²) < 4.78 is 9.55. The summed E-state index contributed by atoms with van der Waals surface area (Å²) in [6, 6.07) is 20.8. The summed E-state index contributed by atoms with van der Waals surface area (Å²) >= 11 is 0. The zero-order valence-electron chi connectivity index (χ0n) is 35.6. The highest BCUT2D eigenvalue weighted by Gasteiger charge is 2.39. The van der Waals surface area contributed by atoms with Crippen molar-refractivity contribution in [3.8, 4) is 11.1 Å². The van der Waals surface area contributed by atoms with Crippen molar-refractivity contribution in [2.45, 2.75) is 104 Å². The first-order chi connectivity index (χ1) is 28.9. The number of carbonyl (C=O) groups excluding carboxylic acids is 4. The first-order valence-electron chi connectivity index (χ1n) is 21.2. The topological polar surface area (TPSA) is 145 Å². The second-order valence-electron chi connectivity index (χ2n) is 16.7. The average Bonchev–Trinajstić information content (AvgIpc) is 3.98. The molecule has 3 aliphatic heterocycles. The quantitative estimate of drug-likeness (QED) is 0.217. The number of hydrogen-bond acceptors (Lipinski definition) is 8. The molecular formula is C47H57N7O6. The van der Waals surface area contributed by atoms with Crippen molar-refractivity contribution in [2.75, 3.05) is 20.8 Å². The van der Waals surface area contributed by atoms with E-state index < -0.39 is 12.2 Å². The summed E-state index contributed by atoms with van der Waals surface area (Å²) in [7, 11) is 2.58. The summed E-state index contributed by atoms with van der Waals surface area (Å²) in [5, 5.41) is 5.04. The van der Waals surface area contributed by atoms with Crippen LogP contribution in [0.4, 0.5) is 14.4 Å². The molecule has 7 rings (SSSR count). The van der Waals surface area contributed by atoms with Gasteiger partial charge in [0.1, 0.15) is 0 Å². The molecule has 3 atom stereocenters. The highest BCUT2D eigenvalue weighted by molar-refractivity contribution is 6.04. The van der Waals surface area contributed by atoms with Gasteiger partial charge in [-0.25, -0.2) is 35.3 Å². The molecule has 1 aliphatic carbocycles. The number of benzene rings is 3. The zero-order valence-corrected chi connectivity index (χ0v) is 35.6. The molecule has 5 amide bonds. The largest absolute Gasteiger partial charge is 0.452 e. The number of nitrogens with zero attached hydrogens (tertiary/aromatic N) is 5. The van der Waals surface area contributed by atoms with E-state index in [1.54, 1.807) is 0 Å². The van der Waals surface area contributed by atoms with E-state index in [0.29, 0.717) is 19.4 Å². The maximum Gasteiger partial charge on any atom is 0.425 e. The molecule has 0 aromatic heterocycles. The molecule has 3 heterocycles. The van der Waals surface area contributed by atoms with Gasteiger partial charge in [0.2, 0.25) is 5.91 Å². The number of ether oxygens (including phenoxy) is 2. The van der Waals surface area contributed by atoms with Crippen LogP contribution in [0.5, 0.6) is 0 Å². The minimum absolute atomic E-state index is 0.0202. The molecule has 0 bridgehead atoms. The first-order valence-corrected chi connectivity index (χ1v) is 21.2. The molecule has 3 aromatic rings. The van der Waals surface area contributed by atoms with E-state index in [1.807, 2.05) is 45.0 Å². The molecule has 13 nitrogen and oxygen atoms in total. The molecular weight excluding hydrogens is 759 g/mol. The third-order valence-electron chi connectivity index (χ3n) is 12.2. The van der Waals surface area contributed by atoms with E-state index in [1.165, 1.54) is 24.2 Å². The van der Waals surface area contributed by atoms with E-state index in [9.17, 15) is 19.2 Å². The van der Waals surface area contributed by atoms with Gasteiger partial charge in [0.05, 0.1) is 20.3 Å². The normalized spacial score (nSPS) is 20.3. The summed E-state index contributed by atoms with van der Waals surface area (Å²) in [5.41, 5.74) is 13.9. The van der Waals surface area contributed by atoms with Crippen molar-refractivity contribution in [3.63, 3.8) is 0 Å². The Kier molecular flexibility index (Phi) is 13.0. The van der Waals surface area contributed by atoms with Crippen LogP contribution in [0.3, 0.4) is 0 Å². The number of allylic oxidation sites excluding steroid dienone is 2. The lowest BCUT2D eigenvalue weighted by atomic mass is 9.74. The Hall–Kier alpha value is -5.98. The fourth-order valence-electron chi connectivity index (χ4n) is 8.95. The molecule has 316 valence electrons. The van der Waals surface area contributed by atoms with E-state index in [0.717, 1.165) is 101 Å². The van der Waals surface area contributed by atoms with Gasteiger partial charge in [0.15, 0.2) is 0 Å². The highest BCUT2D eigenvalue weighted by atomic mass is 16.5. The molecule has 1 saturated heterocycles. The van der Waals surface area contributed by atoms with Gasteiger partial charge < -0.3 is 14.4 Å². The Bertz CT molecular complexity index is 2240. The van der Waals surface area contributed by atoms with Crippen LogP contribution in [0.25, 0.3) is 33.0 Å². The van der Waals surface area contributed by atoms with Crippen molar-refractivity contribution in [3.05, 3.63) is 84.2 Å². The lowest BCUT2D eigenvalue weighted by molar-refractivity contribution is -0.142. The first kappa shape index (κ1) is 42.2. The fourth-order valence-corrected chi connectivity index (χ4v) is 8.95. The lowest BCUT2D eigenvalue weighted by Gasteiger charge is -2.40. The zero-order chi connectivity index (χ0) is 42.5. The van der Waals surface area contributed by atoms with Gasteiger partial charge in [-0.1, -0.05) is 61.4 Å². The molecule has 13 heteroatoms. The van der Waals surface area contributed by atoms with Crippen molar-refractivity contribution in [1.82, 2.24) is 25.8 Å². The van der Waals surface area contributed by atoms with Crippen molar-refractivity contribution < 1.29 is 28.7 Å². The lowest BCUT2D eigenvalue weighted by Crippen LogP contribution is -2.59. The SMILES string of the molecule is COC(=O)NN(C(=O)[C@@H]1CCCCC1C1=NC=C(c2ccc3cc(-c4ccc(C5=CN=C(C6CCCCN6C(=O)N(NC(=O)OC)C(C)C)C5)cc4)ccc3c2)C1)C(C)C. The molecule has 2 fully saturated rings. The van der Waals surface area contributed by atoms with E-state index in [4.69, 9.17) is 19.5 Å². The van der Waals surface area contributed by atoms with Crippen LogP contribution in [0.15, 0.2) is 83.0 Å². The van der Waals surface area contributed by atoms with Crippen LogP contribution >= 0.6 is 0 Å². The van der Waals surface area contributed by atoms with Crippen LogP contribution in [-0.2, 0) is 14.3 Å². The highest BCUT2D eigenvalue weighted by Crippen LogP contribution is 2.39. The number of rotatable bonds is 8. The number of piperidine rings is 1. The molecule has 1 saturated carbocycles. The van der Waals surface area contributed by atoms with E-state index in [2.05, 4.69) is 71.5 Å². The summed E-state index contributed by atoms with van der Waals surface area (Å²) in [4.78, 5) is 63.0. The Balaban J connectivity index is 0.981. The minimum atomic E-state index is -0.676. The smallest absolute Gasteiger partial charge is 0.425 e. The molecule has 2 unspecified atom stereocenters. The Morgan fingerprint density at radius 2 is 1.18 bits per heavy atom. The van der Waals surface area contributed by atoms with Gasteiger partial charge in [-0.3, -0.25) is 14.8 Å². The third-order valence-corrected chi connectivity index (χ3v) is 12.2.